The minimum absolute atomic E-state index is 0.157. The lowest BCUT2D eigenvalue weighted by Gasteiger charge is -2.39. The summed E-state index contributed by atoms with van der Waals surface area (Å²) in [5.41, 5.74) is 0. The lowest BCUT2D eigenvalue weighted by atomic mass is 9.92. The Bertz CT molecular complexity index is 720. The lowest BCUT2D eigenvalue weighted by Crippen LogP contribution is -2.70. The first-order valence-corrected chi connectivity index (χ1v) is 11.9. The van der Waals surface area contributed by atoms with Gasteiger partial charge in [0, 0.05) is 31.9 Å². The van der Waals surface area contributed by atoms with Crippen LogP contribution in [0.15, 0.2) is 12.4 Å². The molecule has 15 heteroatoms. The molecule has 0 saturated carbocycles. The van der Waals surface area contributed by atoms with Gasteiger partial charge in [0.2, 0.25) is 0 Å². The number of unbranched alkanes of at least 4 members (excludes halogenated alkanes) is 7. The van der Waals surface area contributed by atoms with E-state index < -0.39 is 55.2 Å². The Morgan fingerprint density at radius 3 is 1.38 bits per heavy atom. The third-order valence-electron chi connectivity index (χ3n) is 6.08. The Kier molecular flexibility index (Phi) is 11.3. The third kappa shape index (κ3) is 7.51. The van der Waals surface area contributed by atoms with Crippen LogP contribution in [0.25, 0.3) is 0 Å². The van der Waals surface area contributed by atoms with Crippen LogP contribution in [-0.4, -0.2) is 65.3 Å². The van der Waals surface area contributed by atoms with Gasteiger partial charge in [0.15, 0.2) is 0 Å². The van der Waals surface area contributed by atoms with Crippen molar-refractivity contribution < 1.29 is 57.1 Å². The fraction of sp³-hybridized carbons (Fsp3) is 0.909. The molecule has 0 unspecified atom stereocenters. The molecule has 1 aliphatic heterocycles. The highest BCUT2D eigenvalue weighted by atomic mass is 19.4. The summed E-state index contributed by atoms with van der Waals surface area (Å²) in [4.78, 5) is 3.13. The molecule has 0 aliphatic carbocycles. The van der Waals surface area contributed by atoms with Crippen LogP contribution in [0.1, 0.15) is 71.1 Å². The SMILES string of the molecule is CCCCCCCCCCN1C=CN(CCCC(F)(F)C(F)(F)C(F)(F)C(F)(F)C(F)(F)C(F)(F)F)C1. The smallest absolute Gasteiger partial charge is 0.359 e. The predicted molar refractivity (Wildman–Crippen MR) is 110 cm³/mol. The summed E-state index contributed by atoms with van der Waals surface area (Å²) in [6.45, 7) is 2.46. The van der Waals surface area contributed by atoms with Crippen LogP contribution in [-0.2, 0) is 0 Å². The predicted octanol–water partition coefficient (Wildman–Crippen LogP) is 8.69. The molecular weight excluding hydrogens is 539 g/mol. The summed E-state index contributed by atoms with van der Waals surface area (Å²) in [5, 5.41) is 0. The van der Waals surface area contributed by atoms with E-state index in [1.165, 1.54) is 23.9 Å². The molecule has 0 bridgehead atoms. The molecular formula is C22H31F13N2. The highest BCUT2D eigenvalue weighted by molar-refractivity contribution is 5.10. The fourth-order valence-electron chi connectivity index (χ4n) is 3.72. The van der Waals surface area contributed by atoms with E-state index in [2.05, 4.69) is 6.92 Å². The van der Waals surface area contributed by atoms with E-state index in [4.69, 9.17) is 0 Å². The van der Waals surface area contributed by atoms with Crippen LogP contribution in [0.2, 0.25) is 0 Å². The summed E-state index contributed by atoms with van der Waals surface area (Å²) < 4.78 is 171. The van der Waals surface area contributed by atoms with Gasteiger partial charge in [-0.15, -0.1) is 0 Å². The van der Waals surface area contributed by atoms with Gasteiger partial charge in [-0.1, -0.05) is 51.9 Å². The first-order chi connectivity index (χ1) is 16.8. The average molecular weight is 570 g/mol. The summed E-state index contributed by atoms with van der Waals surface area (Å²) in [5.74, 6) is -36.5. The zero-order valence-electron chi connectivity index (χ0n) is 20.2. The number of hydrogen-bond acceptors (Lipinski definition) is 2. The zero-order chi connectivity index (χ0) is 28.8. The van der Waals surface area contributed by atoms with E-state index in [1.54, 1.807) is 11.1 Å². The van der Waals surface area contributed by atoms with Gasteiger partial charge in [0.25, 0.3) is 0 Å². The van der Waals surface area contributed by atoms with Crippen molar-refractivity contribution in [1.29, 1.82) is 0 Å². The molecule has 0 atom stereocenters. The summed E-state index contributed by atoms with van der Waals surface area (Å²) >= 11 is 0. The van der Waals surface area contributed by atoms with Crippen molar-refractivity contribution in [3.63, 3.8) is 0 Å². The van der Waals surface area contributed by atoms with Gasteiger partial charge in [0.05, 0.1) is 6.67 Å². The van der Waals surface area contributed by atoms with Crippen LogP contribution < -0.4 is 0 Å². The van der Waals surface area contributed by atoms with Crippen molar-refractivity contribution in [2.24, 2.45) is 0 Å². The zero-order valence-corrected chi connectivity index (χ0v) is 20.2. The second-order valence-corrected chi connectivity index (χ2v) is 9.14. The number of rotatable bonds is 17. The first kappa shape index (κ1) is 33.5. The van der Waals surface area contributed by atoms with Gasteiger partial charge in [-0.25, -0.2) is 0 Å². The summed E-state index contributed by atoms with van der Waals surface area (Å²) in [6, 6.07) is 0. The number of hydrogen-bond donors (Lipinski definition) is 0. The van der Waals surface area contributed by atoms with Crippen molar-refractivity contribution in [2.75, 3.05) is 19.8 Å². The van der Waals surface area contributed by atoms with Crippen LogP contribution in [0.3, 0.4) is 0 Å². The molecule has 0 aromatic carbocycles. The minimum Gasteiger partial charge on any atom is -0.359 e. The van der Waals surface area contributed by atoms with Gasteiger partial charge in [-0.05, 0) is 12.8 Å². The van der Waals surface area contributed by atoms with Crippen LogP contribution >= 0.6 is 0 Å². The van der Waals surface area contributed by atoms with Crippen molar-refractivity contribution >= 4 is 0 Å². The van der Waals surface area contributed by atoms with Gasteiger partial charge in [-0.3, -0.25) is 0 Å². The molecule has 2 nitrogen and oxygen atoms in total. The molecule has 0 saturated heterocycles. The van der Waals surface area contributed by atoms with Crippen molar-refractivity contribution in [3.8, 4) is 0 Å². The van der Waals surface area contributed by atoms with Gasteiger partial charge < -0.3 is 9.80 Å². The fourth-order valence-corrected chi connectivity index (χ4v) is 3.72. The van der Waals surface area contributed by atoms with Crippen LogP contribution in [0, 0.1) is 0 Å². The van der Waals surface area contributed by atoms with Crippen molar-refractivity contribution in [2.45, 2.75) is 107 Å². The number of alkyl halides is 13. The molecule has 0 amide bonds. The van der Waals surface area contributed by atoms with Gasteiger partial charge in [0.1, 0.15) is 0 Å². The Labute approximate surface area is 206 Å². The molecule has 1 rings (SSSR count). The molecule has 0 fully saturated rings. The number of halogens is 13. The van der Waals surface area contributed by atoms with E-state index in [0.717, 1.165) is 38.5 Å². The highest BCUT2D eigenvalue weighted by Crippen LogP contribution is 2.60. The second-order valence-electron chi connectivity index (χ2n) is 9.14. The standard InChI is InChI=1S/C22H31F13N2/c1-2-3-4-5-6-7-8-9-12-36-14-15-37(16-36)13-10-11-17(23,24)18(25,26)19(27,28)20(29,30)21(31,32)22(33,34)35/h14-15H,2-13,16H2,1H3. The highest BCUT2D eigenvalue weighted by Gasteiger charge is 2.90. The number of nitrogens with zero attached hydrogens (tertiary/aromatic N) is 2. The summed E-state index contributed by atoms with van der Waals surface area (Å²) in [6.07, 6.45) is 1.01. The average Bonchev–Trinajstić information content (AvgIpc) is 3.21. The Morgan fingerprint density at radius 1 is 0.514 bits per heavy atom. The topological polar surface area (TPSA) is 6.48 Å². The van der Waals surface area contributed by atoms with E-state index in [1.807, 2.05) is 0 Å². The monoisotopic (exact) mass is 570 g/mol. The molecule has 1 aliphatic rings. The molecule has 0 spiro atoms. The third-order valence-corrected chi connectivity index (χ3v) is 6.08. The normalized spacial score (nSPS) is 16.3. The molecule has 1 heterocycles. The Hall–Kier alpha value is -1.57. The molecule has 37 heavy (non-hydrogen) atoms. The quantitative estimate of drug-likeness (QED) is 0.128. The van der Waals surface area contributed by atoms with Crippen LogP contribution in [0.5, 0.6) is 0 Å². The van der Waals surface area contributed by atoms with E-state index >= 15 is 0 Å². The Balaban J connectivity index is 2.58. The maximum absolute atomic E-state index is 13.9. The molecule has 0 aromatic heterocycles. The second kappa shape index (κ2) is 12.5. The van der Waals surface area contributed by atoms with Gasteiger partial charge >= 0.3 is 35.8 Å². The van der Waals surface area contributed by atoms with Gasteiger partial charge in [-0.2, -0.15) is 57.1 Å². The molecule has 220 valence electrons. The van der Waals surface area contributed by atoms with Crippen LogP contribution in [0.4, 0.5) is 57.1 Å². The minimum atomic E-state index is -7.85. The summed E-state index contributed by atoms with van der Waals surface area (Å²) in [7, 11) is 0. The molecule has 0 aromatic rings. The maximum Gasteiger partial charge on any atom is 0.460 e. The van der Waals surface area contributed by atoms with E-state index in [9.17, 15) is 57.1 Å². The van der Waals surface area contributed by atoms with E-state index in [-0.39, 0.29) is 6.67 Å². The van der Waals surface area contributed by atoms with Crippen molar-refractivity contribution in [1.82, 2.24) is 9.80 Å². The van der Waals surface area contributed by atoms with Crippen molar-refractivity contribution in [3.05, 3.63) is 12.4 Å². The lowest BCUT2D eigenvalue weighted by molar-refractivity contribution is -0.440. The Morgan fingerprint density at radius 2 is 0.919 bits per heavy atom. The molecule has 0 radical (unpaired) electrons. The first-order valence-electron chi connectivity index (χ1n) is 11.9. The largest absolute Gasteiger partial charge is 0.460 e. The molecule has 0 N–H and O–H groups in total. The van der Waals surface area contributed by atoms with E-state index in [0.29, 0.717) is 6.54 Å². The maximum atomic E-state index is 13.9.